The molecule has 9 heteroatoms. The van der Waals surface area contributed by atoms with E-state index in [4.69, 9.17) is 4.52 Å². The molecule has 0 spiro atoms. The molecule has 0 saturated heterocycles. The smallest absolute Gasteiger partial charge is 0.273 e. The first kappa shape index (κ1) is 20.8. The summed E-state index contributed by atoms with van der Waals surface area (Å²) in [7, 11) is 0. The molecular formula is C22H26N6O3. The molecule has 1 aliphatic rings. The lowest BCUT2D eigenvalue weighted by molar-refractivity contribution is -0.120. The molecule has 1 aliphatic heterocycles. The summed E-state index contributed by atoms with van der Waals surface area (Å²) in [5.41, 5.74) is 0.968. The Morgan fingerprint density at radius 3 is 2.81 bits per heavy atom. The zero-order valence-electron chi connectivity index (χ0n) is 17.3. The van der Waals surface area contributed by atoms with Crippen LogP contribution in [0, 0.1) is 0 Å². The largest absolute Gasteiger partial charge is 0.355 e. The molecule has 9 nitrogen and oxygen atoms in total. The highest BCUT2D eigenvalue weighted by Gasteiger charge is 2.16. The third-order valence-corrected chi connectivity index (χ3v) is 5.30. The van der Waals surface area contributed by atoms with Crippen LogP contribution in [0.25, 0.3) is 11.3 Å². The van der Waals surface area contributed by atoms with E-state index in [0.29, 0.717) is 12.3 Å². The molecule has 1 aromatic carbocycles. The van der Waals surface area contributed by atoms with Crippen molar-refractivity contribution in [3.63, 3.8) is 0 Å². The van der Waals surface area contributed by atoms with Gasteiger partial charge in [0.25, 0.3) is 5.91 Å². The minimum Gasteiger partial charge on any atom is -0.355 e. The Kier molecular flexibility index (Phi) is 6.71. The van der Waals surface area contributed by atoms with Crippen LogP contribution in [0.15, 0.2) is 40.9 Å². The number of rotatable bonds is 8. The number of aryl methyl sites for hydroxylation is 2. The molecule has 0 unspecified atom stereocenters. The Morgan fingerprint density at radius 1 is 1.06 bits per heavy atom. The predicted octanol–water partition coefficient (Wildman–Crippen LogP) is 2.14. The van der Waals surface area contributed by atoms with Gasteiger partial charge in [-0.1, -0.05) is 41.9 Å². The Bertz CT molecular complexity index is 1030. The van der Waals surface area contributed by atoms with Crippen molar-refractivity contribution in [2.24, 2.45) is 0 Å². The van der Waals surface area contributed by atoms with E-state index in [9.17, 15) is 9.59 Å². The minimum atomic E-state index is -0.452. The van der Waals surface area contributed by atoms with Crippen LogP contribution in [0.1, 0.15) is 47.8 Å². The fourth-order valence-corrected chi connectivity index (χ4v) is 3.64. The van der Waals surface area contributed by atoms with Crippen molar-refractivity contribution >= 4 is 11.8 Å². The van der Waals surface area contributed by atoms with E-state index in [1.54, 1.807) is 6.07 Å². The van der Waals surface area contributed by atoms with Crippen LogP contribution in [0.3, 0.4) is 0 Å². The number of aromatic nitrogens is 4. The summed E-state index contributed by atoms with van der Waals surface area (Å²) in [6.07, 6.45) is 6.07. The van der Waals surface area contributed by atoms with E-state index in [1.807, 2.05) is 30.3 Å². The van der Waals surface area contributed by atoms with Crippen LogP contribution in [0.5, 0.6) is 0 Å². The van der Waals surface area contributed by atoms with E-state index < -0.39 is 5.91 Å². The number of carbonyl (C=O) groups is 2. The Morgan fingerprint density at radius 2 is 1.94 bits per heavy atom. The predicted molar refractivity (Wildman–Crippen MR) is 113 cm³/mol. The highest BCUT2D eigenvalue weighted by atomic mass is 16.5. The van der Waals surface area contributed by atoms with Gasteiger partial charge in [0.1, 0.15) is 11.6 Å². The molecule has 4 rings (SSSR count). The number of carbonyl (C=O) groups excluding carboxylic acids is 2. The molecule has 3 heterocycles. The maximum Gasteiger partial charge on any atom is 0.273 e. The molecular weight excluding hydrogens is 396 g/mol. The van der Waals surface area contributed by atoms with Crippen LogP contribution in [0.2, 0.25) is 0 Å². The van der Waals surface area contributed by atoms with Gasteiger partial charge in [-0.3, -0.25) is 9.59 Å². The van der Waals surface area contributed by atoms with Crippen molar-refractivity contribution in [1.29, 1.82) is 0 Å². The summed E-state index contributed by atoms with van der Waals surface area (Å²) >= 11 is 0. The number of amides is 2. The minimum absolute atomic E-state index is 0.118. The molecule has 0 atom stereocenters. The number of benzene rings is 1. The zero-order chi connectivity index (χ0) is 21.5. The summed E-state index contributed by atoms with van der Waals surface area (Å²) in [5, 5.41) is 17.8. The molecule has 0 bridgehead atoms. The quantitative estimate of drug-likeness (QED) is 0.538. The fraction of sp³-hybridized carbons (Fsp3) is 0.409. The standard InChI is InChI=1S/C22H26N6O3/c29-21(23-12-7-11-20-26-25-19-10-5-2-6-13-28(19)20)15-24-22(30)17-14-18(31-27-17)16-8-3-1-4-9-16/h1,3-4,8-9,14H,2,5-7,10-13,15H2,(H,23,29)(H,24,30). The average Bonchev–Trinajstić information content (AvgIpc) is 3.37. The van der Waals surface area contributed by atoms with Gasteiger partial charge in [-0.25, -0.2) is 0 Å². The third kappa shape index (κ3) is 5.36. The number of fused-ring (bicyclic) bond motifs is 1. The van der Waals surface area contributed by atoms with Gasteiger partial charge in [0, 0.05) is 37.6 Å². The SMILES string of the molecule is O=C(CNC(=O)c1cc(-c2ccccc2)on1)NCCCc1nnc2n1CCCCC2. The summed E-state index contributed by atoms with van der Waals surface area (Å²) < 4.78 is 7.44. The lowest BCUT2D eigenvalue weighted by Crippen LogP contribution is -2.37. The monoisotopic (exact) mass is 422 g/mol. The maximum atomic E-state index is 12.2. The molecule has 162 valence electrons. The highest BCUT2D eigenvalue weighted by Crippen LogP contribution is 2.19. The van der Waals surface area contributed by atoms with Crippen LogP contribution in [-0.4, -0.2) is 44.8 Å². The maximum absolute atomic E-state index is 12.2. The van der Waals surface area contributed by atoms with Gasteiger partial charge in [0.05, 0.1) is 6.54 Å². The van der Waals surface area contributed by atoms with Crippen molar-refractivity contribution in [3.05, 3.63) is 53.7 Å². The van der Waals surface area contributed by atoms with Gasteiger partial charge in [0.15, 0.2) is 11.5 Å². The molecule has 3 aromatic rings. The van der Waals surface area contributed by atoms with Crippen molar-refractivity contribution in [1.82, 2.24) is 30.6 Å². The van der Waals surface area contributed by atoms with Crippen molar-refractivity contribution < 1.29 is 14.1 Å². The third-order valence-electron chi connectivity index (χ3n) is 5.30. The van der Waals surface area contributed by atoms with E-state index in [2.05, 4.69) is 30.6 Å². The molecule has 0 saturated carbocycles. The first-order chi connectivity index (χ1) is 15.2. The second-order valence-corrected chi connectivity index (χ2v) is 7.57. The van der Waals surface area contributed by atoms with E-state index in [0.717, 1.165) is 49.4 Å². The first-order valence-electron chi connectivity index (χ1n) is 10.7. The van der Waals surface area contributed by atoms with Crippen LogP contribution < -0.4 is 10.6 Å². The molecule has 2 amide bonds. The number of hydrogen-bond donors (Lipinski definition) is 2. The van der Waals surface area contributed by atoms with Crippen LogP contribution >= 0.6 is 0 Å². The molecule has 0 radical (unpaired) electrons. The second-order valence-electron chi connectivity index (χ2n) is 7.57. The van der Waals surface area contributed by atoms with Gasteiger partial charge >= 0.3 is 0 Å². The van der Waals surface area contributed by atoms with Crippen LogP contribution in [0.4, 0.5) is 0 Å². The van der Waals surface area contributed by atoms with Gasteiger partial charge in [-0.05, 0) is 19.3 Å². The molecule has 2 N–H and O–H groups in total. The first-order valence-corrected chi connectivity index (χ1v) is 10.7. The lowest BCUT2D eigenvalue weighted by Gasteiger charge is -2.08. The van der Waals surface area contributed by atoms with Gasteiger partial charge in [-0.2, -0.15) is 0 Å². The number of nitrogens with one attached hydrogen (secondary N) is 2. The Hall–Kier alpha value is -3.49. The lowest BCUT2D eigenvalue weighted by atomic mass is 10.1. The molecule has 2 aromatic heterocycles. The molecule has 0 fully saturated rings. The fourth-order valence-electron chi connectivity index (χ4n) is 3.64. The van der Waals surface area contributed by atoms with Gasteiger partial charge in [-0.15, -0.1) is 10.2 Å². The van der Waals surface area contributed by atoms with Gasteiger partial charge in [0.2, 0.25) is 5.91 Å². The van der Waals surface area contributed by atoms with Crippen LogP contribution in [-0.2, 0) is 24.2 Å². The summed E-state index contributed by atoms with van der Waals surface area (Å²) in [6.45, 7) is 1.37. The summed E-state index contributed by atoms with van der Waals surface area (Å²) in [6, 6.07) is 10.9. The van der Waals surface area contributed by atoms with E-state index in [-0.39, 0.29) is 18.1 Å². The zero-order valence-corrected chi connectivity index (χ0v) is 17.3. The Labute approximate surface area is 180 Å². The number of hydrogen-bond acceptors (Lipinski definition) is 6. The summed E-state index contributed by atoms with van der Waals surface area (Å²) in [4.78, 5) is 24.3. The van der Waals surface area contributed by atoms with Gasteiger partial charge < -0.3 is 19.7 Å². The Balaban J connectivity index is 1.18. The van der Waals surface area contributed by atoms with Crippen molar-refractivity contribution in [2.45, 2.75) is 45.1 Å². The van der Waals surface area contributed by atoms with Crippen molar-refractivity contribution in [3.8, 4) is 11.3 Å². The van der Waals surface area contributed by atoms with Crippen molar-refractivity contribution in [2.75, 3.05) is 13.1 Å². The highest BCUT2D eigenvalue weighted by molar-refractivity contribution is 5.95. The van der Waals surface area contributed by atoms with E-state index in [1.165, 1.54) is 12.8 Å². The number of nitrogens with zero attached hydrogens (tertiary/aromatic N) is 4. The van der Waals surface area contributed by atoms with E-state index >= 15 is 0 Å². The second kappa shape index (κ2) is 10.0. The topological polar surface area (TPSA) is 115 Å². The average molecular weight is 422 g/mol. The molecule has 0 aliphatic carbocycles. The summed E-state index contributed by atoms with van der Waals surface area (Å²) in [5.74, 6) is 1.86. The normalized spacial score (nSPS) is 13.3. The molecule has 31 heavy (non-hydrogen) atoms.